The predicted molar refractivity (Wildman–Crippen MR) is 117 cm³/mol. The zero-order valence-electron chi connectivity index (χ0n) is 17.0. The van der Waals surface area contributed by atoms with Gasteiger partial charge in [-0.2, -0.15) is 0 Å². The number of aryl methyl sites for hydroxylation is 1. The maximum atomic E-state index is 13.3. The number of aromatic nitrogens is 2. The lowest BCUT2D eigenvalue weighted by Gasteiger charge is -2.11. The minimum Gasteiger partial charge on any atom is -0.451 e. The molecule has 0 aliphatic heterocycles. The quantitative estimate of drug-likeness (QED) is 0.394. The number of carbonyl (C=O) groups excluding carboxylic acids is 2. The van der Waals surface area contributed by atoms with E-state index in [1.807, 2.05) is 0 Å². The molecular formula is C20H19FN4O5S2. The second-order valence-corrected chi connectivity index (χ2v) is 8.89. The molecule has 3 rings (SSSR count). The van der Waals surface area contributed by atoms with Crippen molar-refractivity contribution in [1.29, 1.82) is 0 Å². The third-order valence-corrected chi connectivity index (χ3v) is 6.02. The summed E-state index contributed by atoms with van der Waals surface area (Å²) in [6.07, 6.45) is 3.07. The zero-order valence-corrected chi connectivity index (χ0v) is 18.7. The lowest BCUT2D eigenvalue weighted by atomic mass is 10.2. The first-order valence-electron chi connectivity index (χ1n) is 9.08. The highest BCUT2D eigenvalue weighted by Crippen LogP contribution is 2.23. The monoisotopic (exact) mass is 478 g/mol. The molecule has 3 N–H and O–H groups in total. The van der Waals surface area contributed by atoms with Crippen molar-refractivity contribution < 1.29 is 27.1 Å². The Balaban J connectivity index is 1.72. The van der Waals surface area contributed by atoms with E-state index in [2.05, 4.69) is 10.3 Å². The molecule has 9 nitrogen and oxygen atoms in total. The Morgan fingerprint density at radius 3 is 2.53 bits per heavy atom. The number of sulfonamides is 1. The average molecular weight is 479 g/mol. The molecule has 32 heavy (non-hydrogen) atoms. The number of nitrogens with two attached hydrogens (primary N) is 1. The maximum absolute atomic E-state index is 13.3. The van der Waals surface area contributed by atoms with Gasteiger partial charge in [-0.15, -0.1) is 0 Å². The fraction of sp³-hybridized carbons (Fsp3) is 0.150. The van der Waals surface area contributed by atoms with Crippen LogP contribution in [0.15, 0.2) is 58.7 Å². The van der Waals surface area contributed by atoms with Gasteiger partial charge < -0.3 is 10.1 Å². The van der Waals surface area contributed by atoms with Crippen molar-refractivity contribution in [3.8, 4) is 5.69 Å². The van der Waals surface area contributed by atoms with Gasteiger partial charge in [0.25, 0.3) is 5.91 Å². The van der Waals surface area contributed by atoms with Crippen molar-refractivity contribution in [1.82, 2.24) is 9.55 Å². The van der Waals surface area contributed by atoms with Gasteiger partial charge in [0.15, 0.2) is 17.5 Å². The lowest BCUT2D eigenvalue weighted by molar-refractivity contribution is -0.119. The number of halogens is 1. The van der Waals surface area contributed by atoms with Crippen LogP contribution in [0.4, 0.5) is 10.1 Å². The first-order valence-corrected chi connectivity index (χ1v) is 11.9. The Morgan fingerprint density at radius 2 is 1.91 bits per heavy atom. The number of hydrogen-bond acceptors (Lipinski definition) is 7. The number of nitrogens with zero attached hydrogens (tertiary/aromatic N) is 2. The number of carbonyl (C=O) groups is 2. The lowest BCUT2D eigenvalue weighted by Crippen LogP contribution is -2.22. The van der Waals surface area contributed by atoms with Crippen LogP contribution >= 0.6 is 11.8 Å². The highest BCUT2D eigenvalue weighted by molar-refractivity contribution is 7.98. The number of esters is 1. The summed E-state index contributed by atoms with van der Waals surface area (Å²) in [5, 5.41) is 8.09. The molecule has 0 spiro atoms. The first kappa shape index (κ1) is 23.4. The minimum absolute atomic E-state index is 0.0561. The second-order valence-electron chi connectivity index (χ2n) is 6.59. The van der Waals surface area contributed by atoms with E-state index in [0.29, 0.717) is 16.4 Å². The number of thioether (sulfide) groups is 1. The van der Waals surface area contributed by atoms with Gasteiger partial charge in [0, 0.05) is 11.4 Å². The van der Waals surface area contributed by atoms with E-state index < -0.39 is 34.3 Å². The van der Waals surface area contributed by atoms with Crippen molar-refractivity contribution in [3.05, 3.63) is 65.7 Å². The van der Waals surface area contributed by atoms with E-state index in [1.54, 1.807) is 13.2 Å². The van der Waals surface area contributed by atoms with E-state index in [0.717, 1.165) is 0 Å². The molecule has 0 saturated heterocycles. The van der Waals surface area contributed by atoms with Crippen molar-refractivity contribution in [3.63, 3.8) is 0 Å². The number of rotatable bonds is 7. The topological polar surface area (TPSA) is 133 Å². The molecule has 0 radical (unpaired) electrons. The highest BCUT2D eigenvalue weighted by atomic mass is 32.2. The van der Waals surface area contributed by atoms with Gasteiger partial charge in [0.2, 0.25) is 10.0 Å². The molecule has 1 heterocycles. The van der Waals surface area contributed by atoms with Gasteiger partial charge in [0.1, 0.15) is 5.82 Å². The van der Waals surface area contributed by atoms with Gasteiger partial charge in [-0.1, -0.05) is 17.8 Å². The van der Waals surface area contributed by atoms with E-state index in [-0.39, 0.29) is 16.3 Å². The molecule has 12 heteroatoms. The number of benzene rings is 2. The van der Waals surface area contributed by atoms with Gasteiger partial charge in [-0.25, -0.2) is 27.7 Å². The SMILES string of the molecule is CSc1ncc(C(=O)OCC(=O)Nc2ccc(C)c(S(N)(=O)=O)c2)n1-c1ccc(F)cc1. The fourth-order valence-electron chi connectivity index (χ4n) is 2.85. The van der Waals surface area contributed by atoms with Gasteiger partial charge in [-0.3, -0.25) is 9.36 Å². The molecule has 0 aliphatic rings. The van der Waals surface area contributed by atoms with E-state index in [9.17, 15) is 22.4 Å². The molecule has 0 atom stereocenters. The van der Waals surface area contributed by atoms with Crippen molar-refractivity contribution in [2.75, 3.05) is 18.2 Å². The molecule has 0 bridgehead atoms. The van der Waals surface area contributed by atoms with Crippen LogP contribution in [0.1, 0.15) is 16.1 Å². The molecular weight excluding hydrogens is 459 g/mol. The molecule has 0 aliphatic carbocycles. The van der Waals surface area contributed by atoms with Gasteiger partial charge in [0.05, 0.1) is 11.1 Å². The molecule has 0 fully saturated rings. The molecule has 1 amide bonds. The summed E-state index contributed by atoms with van der Waals surface area (Å²) in [6.45, 7) is 0.945. The molecule has 1 aromatic heterocycles. The summed E-state index contributed by atoms with van der Waals surface area (Å²) < 4.78 is 43.1. The molecule has 2 aromatic carbocycles. The number of amides is 1. The fourth-order valence-corrected chi connectivity index (χ4v) is 4.20. The summed E-state index contributed by atoms with van der Waals surface area (Å²) in [6, 6.07) is 9.68. The number of hydrogen-bond donors (Lipinski definition) is 2. The smallest absolute Gasteiger partial charge is 0.357 e. The van der Waals surface area contributed by atoms with E-state index in [4.69, 9.17) is 9.88 Å². The Hall–Kier alpha value is -3.22. The number of anilines is 1. The Morgan fingerprint density at radius 1 is 1.22 bits per heavy atom. The first-order chi connectivity index (χ1) is 15.1. The predicted octanol–water partition coefficient (Wildman–Crippen LogP) is 2.48. The number of nitrogens with one attached hydrogen (secondary N) is 1. The van der Waals surface area contributed by atoms with Crippen LogP contribution in [0.5, 0.6) is 0 Å². The van der Waals surface area contributed by atoms with Crippen LogP contribution in [-0.2, 0) is 19.6 Å². The van der Waals surface area contributed by atoms with Crippen LogP contribution in [-0.4, -0.2) is 42.7 Å². The molecule has 168 valence electrons. The second kappa shape index (κ2) is 9.51. The Labute approximate surface area is 187 Å². The number of ether oxygens (including phenoxy) is 1. The molecule has 0 unspecified atom stereocenters. The normalized spacial score (nSPS) is 11.2. The number of imidazole rings is 1. The van der Waals surface area contributed by atoms with Crippen LogP contribution in [0, 0.1) is 12.7 Å². The summed E-state index contributed by atoms with van der Waals surface area (Å²) >= 11 is 1.27. The highest BCUT2D eigenvalue weighted by Gasteiger charge is 2.20. The minimum atomic E-state index is -3.96. The Bertz CT molecular complexity index is 1270. The summed E-state index contributed by atoms with van der Waals surface area (Å²) in [5.41, 5.74) is 1.16. The maximum Gasteiger partial charge on any atom is 0.357 e. The summed E-state index contributed by atoms with van der Waals surface area (Å²) in [5.74, 6) is -1.92. The van der Waals surface area contributed by atoms with Crippen LogP contribution < -0.4 is 10.5 Å². The van der Waals surface area contributed by atoms with Gasteiger partial charge in [-0.05, 0) is 55.1 Å². The van der Waals surface area contributed by atoms with Crippen LogP contribution in [0.25, 0.3) is 5.69 Å². The largest absolute Gasteiger partial charge is 0.451 e. The summed E-state index contributed by atoms with van der Waals surface area (Å²) in [4.78, 5) is 28.8. The summed E-state index contributed by atoms with van der Waals surface area (Å²) in [7, 11) is -3.96. The van der Waals surface area contributed by atoms with Crippen molar-refractivity contribution in [2.45, 2.75) is 17.0 Å². The number of primary sulfonamides is 1. The molecule has 3 aromatic rings. The van der Waals surface area contributed by atoms with Crippen molar-refractivity contribution in [2.24, 2.45) is 5.14 Å². The Kier molecular flexibility index (Phi) is 6.96. The third kappa shape index (κ3) is 5.33. The molecule has 0 saturated carbocycles. The van der Waals surface area contributed by atoms with Gasteiger partial charge >= 0.3 is 5.97 Å². The third-order valence-electron chi connectivity index (χ3n) is 4.32. The zero-order chi connectivity index (χ0) is 23.5. The van der Waals surface area contributed by atoms with E-state index >= 15 is 0 Å². The standard InChI is InChI=1S/C20H19FN4O5S2/c1-12-3-6-14(9-17(12)32(22,28)29)24-18(26)11-30-19(27)16-10-23-20(31-2)25(16)15-7-4-13(21)5-8-15/h3-10H,11H2,1-2H3,(H,24,26)(H2,22,28,29). The van der Waals surface area contributed by atoms with Crippen LogP contribution in [0.3, 0.4) is 0 Å². The average Bonchev–Trinajstić information content (AvgIpc) is 3.17. The van der Waals surface area contributed by atoms with E-state index in [1.165, 1.54) is 65.0 Å². The van der Waals surface area contributed by atoms with Crippen LogP contribution in [0.2, 0.25) is 0 Å². The van der Waals surface area contributed by atoms with Crippen molar-refractivity contribution >= 4 is 39.3 Å².